The van der Waals surface area contributed by atoms with E-state index >= 15 is 0 Å². The Morgan fingerprint density at radius 3 is 2.75 bits per heavy atom. The number of aromatic nitrogens is 3. The number of carbonyl (C=O) groups excluding carboxylic acids is 1. The highest BCUT2D eigenvalue weighted by Crippen LogP contribution is 2.30. The first-order valence-electron chi connectivity index (χ1n) is 7.08. The van der Waals surface area contributed by atoms with E-state index in [0.717, 1.165) is 16.9 Å². The first-order chi connectivity index (χ1) is 11.4. The summed E-state index contributed by atoms with van der Waals surface area (Å²) in [7, 11) is 0. The smallest absolute Gasteiger partial charge is 0.248 e. The van der Waals surface area contributed by atoms with Crippen molar-refractivity contribution in [3.8, 4) is 10.6 Å². The van der Waals surface area contributed by atoms with Crippen LogP contribution in [0.1, 0.15) is 21.1 Å². The molecule has 6 nitrogen and oxygen atoms in total. The quantitative estimate of drug-likeness (QED) is 0.759. The number of rotatable bonds is 4. The minimum Gasteiger partial charge on any atom is -0.366 e. The molecule has 2 aromatic heterocycles. The molecule has 8 heteroatoms. The summed E-state index contributed by atoms with van der Waals surface area (Å²) in [5, 5.41) is 3.79. The van der Waals surface area contributed by atoms with Crippen LogP contribution in [0.4, 0.5) is 16.0 Å². The van der Waals surface area contributed by atoms with Gasteiger partial charge in [-0.25, -0.2) is 19.3 Å². The largest absolute Gasteiger partial charge is 0.366 e. The van der Waals surface area contributed by atoms with Crippen LogP contribution in [0.15, 0.2) is 30.5 Å². The average molecular weight is 343 g/mol. The standard InChI is InChI=1S/C16H14FN5OS/c1-8-14(24-9(2)20-8)13-12(17)7-19-16(22-13)21-11-5-3-4-10(6-11)15(18)23/h3-7H,1-2H3,(H2,18,23)(H,19,21,22). The number of hydrogen-bond donors (Lipinski definition) is 2. The third kappa shape index (κ3) is 3.23. The molecule has 0 unspecified atom stereocenters. The summed E-state index contributed by atoms with van der Waals surface area (Å²) in [4.78, 5) is 24.4. The zero-order valence-electron chi connectivity index (χ0n) is 13.0. The molecular formula is C16H14FN5OS. The van der Waals surface area contributed by atoms with E-state index in [1.165, 1.54) is 11.3 Å². The Morgan fingerprint density at radius 1 is 1.29 bits per heavy atom. The molecule has 0 atom stereocenters. The molecule has 0 aliphatic rings. The Morgan fingerprint density at radius 2 is 2.08 bits per heavy atom. The van der Waals surface area contributed by atoms with Gasteiger partial charge in [-0.1, -0.05) is 6.07 Å². The lowest BCUT2D eigenvalue weighted by Crippen LogP contribution is -2.11. The summed E-state index contributed by atoms with van der Waals surface area (Å²) in [5.74, 6) is -0.827. The molecule has 1 aromatic carbocycles. The maximum absolute atomic E-state index is 14.1. The number of amides is 1. The van der Waals surface area contributed by atoms with Crippen molar-refractivity contribution in [3.05, 3.63) is 52.5 Å². The van der Waals surface area contributed by atoms with E-state index in [1.807, 2.05) is 13.8 Å². The average Bonchev–Trinajstić information content (AvgIpc) is 2.88. The number of halogens is 1. The Balaban J connectivity index is 1.96. The first kappa shape index (κ1) is 16.0. The van der Waals surface area contributed by atoms with Gasteiger partial charge >= 0.3 is 0 Å². The van der Waals surface area contributed by atoms with Crippen LogP contribution in [-0.2, 0) is 0 Å². The molecule has 0 spiro atoms. The van der Waals surface area contributed by atoms with E-state index in [4.69, 9.17) is 5.73 Å². The van der Waals surface area contributed by atoms with Crippen molar-refractivity contribution in [2.24, 2.45) is 5.73 Å². The van der Waals surface area contributed by atoms with Gasteiger partial charge in [-0.05, 0) is 32.0 Å². The van der Waals surface area contributed by atoms with Gasteiger partial charge in [-0.15, -0.1) is 11.3 Å². The van der Waals surface area contributed by atoms with Crippen molar-refractivity contribution in [1.29, 1.82) is 0 Å². The minimum atomic E-state index is -0.532. The van der Waals surface area contributed by atoms with Gasteiger partial charge in [-0.3, -0.25) is 4.79 Å². The third-order valence-corrected chi connectivity index (χ3v) is 4.35. The van der Waals surface area contributed by atoms with Crippen molar-refractivity contribution in [2.45, 2.75) is 13.8 Å². The van der Waals surface area contributed by atoms with Crippen molar-refractivity contribution < 1.29 is 9.18 Å². The number of hydrogen-bond acceptors (Lipinski definition) is 6. The number of nitrogens with two attached hydrogens (primary N) is 1. The minimum absolute atomic E-state index is 0.196. The second kappa shape index (κ2) is 6.32. The van der Waals surface area contributed by atoms with E-state index in [1.54, 1.807) is 24.3 Å². The second-order valence-electron chi connectivity index (χ2n) is 5.11. The number of thiazole rings is 1. The highest BCUT2D eigenvalue weighted by atomic mass is 32.1. The fraction of sp³-hybridized carbons (Fsp3) is 0.125. The van der Waals surface area contributed by atoms with Gasteiger partial charge in [0.15, 0.2) is 5.82 Å². The van der Waals surface area contributed by atoms with E-state index in [2.05, 4.69) is 20.3 Å². The van der Waals surface area contributed by atoms with Gasteiger partial charge in [0.1, 0.15) is 5.69 Å². The van der Waals surface area contributed by atoms with E-state index in [0.29, 0.717) is 16.1 Å². The number of nitrogens with one attached hydrogen (secondary N) is 1. The van der Waals surface area contributed by atoms with E-state index in [-0.39, 0.29) is 11.6 Å². The normalized spacial score (nSPS) is 10.6. The molecule has 0 aliphatic carbocycles. The summed E-state index contributed by atoms with van der Waals surface area (Å²) >= 11 is 1.37. The molecule has 0 bridgehead atoms. The predicted octanol–water partition coefficient (Wildman–Crippen LogP) is 3.20. The van der Waals surface area contributed by atoms with Crippen LogP contribution < -0.4 is 11.1 Å². The number of anilines is 2. The Bertz CT molecular complexity index is 925. The molecule has 3 N–H and O–H groups in total. The van der Waals surface area contributed by atoms with Crippen molar-refractivity contribution in [3.63, 3.8) is 0 Å². The van der Waals surface area contributed by atoms with Crippen LogP contribution in [0.5, 0.6) is 0 Å². The monoisotopic (exact) mass is 343 g/mol. The molecule has 0 radical (unpaired) electrons. The lowest BCUT2D eigenvalue weighted by Gasteiger charge is -2.08. The Kier molecular flexibility index (Phi) is 4.22. The molecule has 122 valence electrons. The van der Waals surface area contributed by atoms with E-state index in [9.17, 15) is 9.18 Å². The Labute approximate surface area is 141 Å². The number of carbonyl (C=O) groups is 1. The third-order valence-electron chi connectivity index (χ3n) is 3.27. The maximum Gasteiger partial charge on any atom is 0.248 e. The van der Waals surface area contributed by atoms with Gasteiger partial charge in [0.2, 0.25) is 11.9 Å². The van der Waals surface area contributed by atoms with Crippen LogP contribution in [-0.4, -0.2) is 20.9 Å². The number of aryl methyl sites for hydroxylation is 2. The van der Waals surface area contributed by atoms with Crippen molar-refractivity contribution >= 4 is 28.9 Å². The van der Waals surface area contributed by atoms with Crippen molar-refractivity contribution in [1.82, 2.24) is 15.0 Å². The first-order valence-corrected chi connectivity index (χ1v) is 7.89. The predicted molar refractivity (Wildman–Crippen MR) is 90.8 cm³/mol. The molecular weight excluding hydrogens is 329 g/mol. The molecule has 0 fully saturated rings. The van der Waals surface area contributed by atoms with Crippen LogP contribution >= 0.6 is 11.3 Å². The summed E-state index contributed by atoms with van der Waals surface area (Å²) in [6.07, 6.45) is 1.11. The van der Waals surface area contributed by atoms with Gasteiger partial charge in [0.05, 0.1) is 21.8 Å². The lowest BCUT2D eigenvalue weighted by molar-refractivity contribution is 0.100. The molecule has 1 amide bonds. The zero-order valence-corrected chi connectivity index (χ0v) is 13.8. The topological polar surface area (TPSA) is 93.8 Å². The van der Waals surface area contributed by atoms with Crippen molar-refractivity contribution in [2.75, 3.05) is 5.32 Å². The molecule has 3 aromatic rings. The highest BCUT2D eigenvalue weighted by Gasteiger charge is 2.15. The van der Waals surface area contributed by atoms with Crippen LogP contribution in [0.3, 0.4) is 0 Å². The molecule has 0 aliphatic heterocycles. The van der Waals surface area contributed by atoms with E-state index < -0.39 is 11.7 Å². The summed E-state index contributed by atoms with van der Waals surface area (Å²) in [5.41, 5.74) is 7.12. The number of primary amides is 1. The fourth-order valence-electron chi connectivity index (χ4n) is 2.22. The lowest BCUT2D eigenvalue weighted by atomic mass is 10.2. The highest BCUT2D eigenvalue weighted by molar-refractivity contribution is 7.15. The van der Waals surface area contributed by atoms with Gasteiger partial charge in [-0.2, -0.15) is 0 Å². The number of benzene rings is 1. The van der Waals surface area contributed by atoms with Crippen LogP contribution in [0, 0.1) is 19.7 Å². The SMILES string of the molecule is Cc1nc(C)c(-c2nc(Nc3cccc(C(N)=O)c3)ncc2F)s1. The summed E-state index contributed by atoms with van der Waals surface area (Å²) in [6.45, 7) is 3.67. The van der Waals surface area contributed by atoms with Gasteiger partial charge in [0.25, 0.3) is 0 Å². The van der Waals surface area contributed by atoms with Gasteiger partial charge in [0, 0.05) is 11.3 Å². The molecule has 0 saturated heterocycles. The summed E-state index contributed by atoms with van der Waals surface area (Å²) < 4.78 is 14.1. The zero-order chi connectivity index (χ0) is 17.3. The number of nitrogens with zero attached hydrogens (tertiary/aromatic N) is 3. The second-order valence-corrected chi connectivity index (χ2v) is 6.31. The van der Waals surface area contributed by atoms with Crippen LogP contribution in [0.2, 0.25) is 0 Å². The maximum atomic E-state index is 14.1. The summed E-state index contributed by atoms with van der Waals surface area (Å²) in [6, 6.07) is 6.61. The molecule has 0 saturated carbocycles. The molecule has 24 heavy (non-hydrogen) atoms. The van der Waals surface area contributed by atoms with Gasteiger partial charge < -0.3 is 11.1 Å². The fourth-order valence-corrected chi connectivity index (χ4v) is 3.13. The molecule has 2 heterocycles. The molecule has 3 rings (SSSR count). The van der Waals surface area contributed by atoms with Crippen LogP contribution in [0.25, 0.3) is 10.6 Å². The Hall–Kier alpha value is -2.87.